The maximum atomic E-state index is 12.2. The van der Waals surface area contributed by atoms with Crippen LogP contribution in [-0.4, -0.2) is 68.3 Å². The number of nitrogens with one attached hydrogen (secondary N) is 2. The van der Waals surface area contributed by atoms with Crippen LogP contribution in [0.4, 0.5) is 19.0 Å². The molecule has 0 amide bonds. The Hall–Kier alpha value is -1.30. The smallest absolute Gasteiger partial charge is 0.357 e. The van der Waals surface area contributed by atoms with Crippen LogP contribution in [0.25, 0.3) is 0 Å². The zero-order valence-electron chi connectivity index (χ0n) is 15.7. The highest BCUT2D eigenvalue weighted by molar-refractivity contribution is 14.0. The first-order valence-corrected chi connectivity index (χ1v) is 8.84. The summed E-state index contributed by atoms with van der Waals surface area (Å²) in [5.74, 6) is 1.32. The molecule has 1 aliphatic heterocycles. The number of hydrogen-bond acceptors (Lipinski definition) is 4. The van der Waals surface area contributed by atoms with Crippen LogP contribution >= 0.6 is 24.0 Å². The molecule has 0 atom stereocenters. The van der Waals surface area contributed by atoms with Gasteiger partial charge in [0.05, 0.1) is 13.0 Å². The summed E-state index contributed by atoms with van der Waals surface area (Å²) in [7, 11) is 2.11. The van der Waals surface area contributed by atoms with Crippen molar-refractivity contribution in [1.29, 1.82) is 0 Å². The second-order valence-corrected chi connectivity index (χ2v) is 6.30. The van der Waals surface area contributed by atoms with Crippen LogP contribution < -0.4 is 15.5 Å². The molecule has 1 fully saturated rings. The number of likely N-dealkylation sites (N-methyl/N-ethyl adjacent to an activating group) is 1. The SMILES string of the molecule is CCNC(=NCc1ccc(N2CCN(C)CC2)nc1)NCCC(F)(F)F.I. The average Bonchev–Trinajstić information content (AvgIpc) is 2.60. The molecule has 0 aliphatic carbocycles. The molecule has 2 N–H and O–H groups in total. The standard InChI is InChI=1S/C17H27F3N6.HI/c1-3-21-16(22-7-6-17(18,19)20)24-13-14-4-5-15(23-12-14)26-10-8-25(2)9-11-26;/h4-5,12H,3,6-11,13H2,1-2H3,(H2,21,22,24);1H. The molecule has 1 aromatic heterocycles. The van der Waals surface area contributed by atoms with E-state index < -0.39 is 12.6 Å². The summed E-state index contributed by atoms with van der Waals surface area (Å²) in [6.45, 7) is 6.55. The molecule has 27 heavy (non-hydrogen) atoms. The van der Waals surface area contributed by atoms with E-state index >= 15 is 0 Å². The number of rotatable bonds is 6. The molecule has 0 saturated carbocycles. The average molecular weight is 500 g/mol. The van der Waals surface area contributed by atoms with Crippen molar-refractivity contribution in [1.82, 2.24) is 20.5 Å². The van der Waals surface area contributed by atoms with Gasteiger partial charge in [-0.2, -0.15) is 13.2 Å². The minimum Gasteiger partial charge on any atom is -0.357 e. The van der Waals surface area contributed by atoms with Gasteiger partial charge in [-0.15, -0.1) is 24.0 Å². The van der Waals surface area contributed by atoms with Gasteiger partial charge in [0.2, 0.25) is 0 Å². The Balaban J connectivity index is 0.00000364. The minimum atomic E-state index is -4.17. The predicted molar refractivity (Wildman–Crippen MR) is 113 cm³/mol. The van der Waals surface area contributed by atoms with Crippen molar-refractivity contribution in [3.8, 4) is 0 Å². The summed E-state index contributed by atoms with van der Waals surface area (Å²) in [4.78, 5) is 13.3. The lowest BCUT2D eigenvalue weighted by atomic mass is 10.2. The summed E-state index contributed by atoms with van der Waals surface area (Å²) in [6.07, 6.45) is -3.29. The van der Waals surface area contributed by atoms with Crippen molar-refractivity contribution in [3.63, 3.8) is 0 Å². The first-order chi connectivity index (χ1) is 12.4. The van der Waals surface area contributed by atoms with Gasteiger partial charge in [-0.3, -0.25) is 0 Å². The van der Waals surface area contributed by atoms with Gasteiger partial charge in [0, 0.05) is 45.5 Å². The molecule has 1 saturated heterocycles. The van der Waals surface area contributed by atoms with E-state index in [4.69, 9.17) is 0 Å². The van der Waals surface area contributed by atoms with Crippen molar-refractivity contribution in [2.45, 2.75) is 26.1 Å². The number of hydrogen-bond donors (Lipinski definition) is 2. The summed E-state index contributed by atoms with van der Waals surface area (Å²) in [5.41, 5.74) is 0.913. The predicted octanol–water partition coefficient (Wildman–Crippen LogP) is 2.46. The highest BCUT2D eigenvalue weighted by Crippen LogP contribution is 2.18. The molecule has 1 aromatic rings. The van der Waals surface area contributed by atoms with Gasteiger partial charge in [0.15, 0.2) is 5.96 Å². The molecule has 1 aliphatic rings. The number of halogens is 4. The normalized spacial score (nSPS) is 16.0. The van der Waals surface area contributed by atoms with Gasteiger partial charge in [0.25, 0.3) is 0 Å². The monoisotopic (exact) mass is 500 g/mol. The number of nitrogens with zero attached hydrogens (tertiary/aromatic N) is 4. The van der Waals surface area contributed by atoms with E-state index in [1.54, 1.807) is 6.20 Å². The number of alkyl halides is 3. The molecule has 6 nitrogen and oxygen atoms in total. The molecule has 0 radical (unpaired) electrons. The lowest BCUT2D eigenvalue weighted by Crippen LogP contribution is -2.44. The van der Waals surface area contributed by atoms with Crippen molar-refractivity contribution in [3.05, 3.63) is 23.9 Å². The fourth-order valence-electron chi connectivity index (χ4n) is 2.57. The quantitative estimate of drug-likeness (QED) is 0.357. The Bertz CT molecular complexity index is 571. The van der Waals surface area contributed by atoms with Crippen molar-refractivity contribution >= 4 is 35.8 Å². The molecule has 0 aromatic carbocycles. The molecule has 2 rings (SSSR count). The van der Waals surface area contributed by atoms with E-state index in [-0.39, 0.29) is 30.5 Å². The second kappa shape index (κ2) is 11.5. The van der Waals surface area contributed by atoms with Crippen LogP contribution in [-0.2, 0) is 6.54 Å². The minimum absolute atomic E-state index is 0. The van der Waals surface area contributed by atoms with Crippen LogP contribution in [0.2, 0.25) is 0 Å². The third-order valence-corrected chi connectivity index (χ3v) is 4.10. The van der Waals surface area contributed by atoms with Crippen LogP contribution in [0.3, 0.4) is 0 Å². The number of pyridine rings is 1. The van der Waals surface area contributed by atoms with Crippen LogP contribution in [0, 0.1) is 0 Å². The third kappa shape index (κ3) is 8.96. The molecule has 0 bridgehead atoms. The van der Waals surface area contributed by atoms with Crippen molar-refractivity contribution in [2.24, 2.45) is 4.99 Å². The third-order valence-electron chi connectivity index (χ3n) is 4.10. The van der Waals surface area contributed by atoms with Crippen molar-refractivity contribution in [2.75, 3.05) is 51.2 Å². The summed E-state index contributed by atoms with van der Waals surface area (Å²) in [5, 5.41) is 5.64. The molecule has 0 spiro atoms. The van der Waals surface area contributed by atoms with Gasteiger partial charge < -0.3 is 20.4 Å². The van der Waals surface area contributed by atoms with E-state index in [9.17, 15) is 13.2 Å². The molecular weight excluding hydrogens is 472 g/mol. The number of piperazine rings is 1. The van der Waals surface area contributed by atoms with Crippen LogP contribution in [0.1, 0.15) is 18.9 Å². The van der Waals surface area contributed by atoms with Crippen LogP contribution in [0.15, 0.2) is 23.3 Å². The van der Waals surface area contributed by atoms with E-state index in [0.717, 1.165) is 37.6 Å². The Morgan fingerprint density at radius 3 is 2.44 bits per heavy atom. The first kappa shape index (κ1) is 23.7. The largest absolute Gasteiger partial charge is 0.390 e. The first-order valence-electron chi connectivity index (χ1n) is 8.84. The fourth-order valence-corrected chi connectivity index (χ4v) is 2.57. The number of guanidine groups is 1. The summed E-state index contributed by atoms with van der Waals surface area (Å²) < 4.78 is 36.7. The maximum absolute atomic E-state index is 12.2. The molecule has 10 heteroatoms. The summed E-state index contributed by atoms with van der Waals surface area (Å²) in [6, 6.07) is 3.93. The Kier molecular flexibility index (Phi) is 10.1. The van der Waals surface area contributed by atoms with E-state index in [1.807, 2.05) is 19.1 Å². The van der Waals surface area contributed by atoms with E-state index in [2.05, 4.69) is 37.5 Å². The lowest BCUT2D eigenvalue weighted by Gasteiger charge is -2.33. The zero-order valence-corrected chi connectivity index (χ0v) is 18.1. The number of aromatic nitrogens is 1. The Labute approximate surface area is 175 Å². The maximum Gasteiger partial charge on any atom is 0.390 e. The molecular formula is C17H28F3IN6. The number of aliphatic imine (C=N–C) groups is 1. The van der Waals surface area contributed by atoms with Gasteiger partial charge >= 0.3 is 6.18 Å². The van der Waals surface area contributed by atoms with Gasteiger partial charge in [-0.1, -0.05) is 6.07 Å². The fraction of sp³-hybridized carbons (Fsp3) is 0.647. The van der Waals surface area contributed by atoms with E-state index in [0.29, 0.717) is 19.0 Å². The zero-order chi connectivity index (χ0) is 19.0. The second-order valence-electron chi connectivity index (χ2n) is 6.30. The lowest BCUT2D eigenvalue weighted by molar-refractivity contribution is -0.132. The van der Waals surface area contributed by atoms with Gasteiger partial charge in [-0.05, 0) is 25.6 Å². The highest BCUT2D eigenvalue weighted by Gasteiger charge is 2.26. The molecule has 154 valence electrons. The number of anilines is 1. The Morgan fingerprint density at radius 2 is 1.89 bits per heavy atom. The highest BCUT2D eigenvalue weighted by atomic mass is 127. The molecule has 2 heterocycles. The van der Waals surface area contributed by atoms with Gasteiger partial charge in [0.1, 0.15) is 5.82 Å². The van der Waals surface area contributed by atoms with Gasteiger partial charge in [-0.25, -0.2) is 9.98 Å². The molecule has 0 unspecified atom stereocenters. The summed E-state index contributed by atoms with van der Waals surface area (Å²) >= 11 is 0. The topological polar surface area (TPSA) is 55.8 Å². The van der Waals surface area contributed by atoms with Crippen LogP contribution in [0.5, 0.6) is 0 Å². The van der Waals surface area contributed by atoms with E-state index in [1.165, 1.54) is 0 Å². The Morgan fingerprint density at radius 1 is 1.19 bits per heavy atom. The van der Waals surface area contributed by atoms with Crippen molar-refractivity contribution < 1.29 is 13.2 Å².